The maximum absolute atomic E-state index is 15.0. The maximum atomic E-state index is 15.0. The van der Waals surface area contributed by atoms with E-state index >= 15 is 0 Å². The molecule has 2 aliphatic heterocycles. The van der Waals surface area contributed by atoms with Gasteiger partial charge >= 0.3 is 6.36 Å². The number of carbonyl (C=O) groups excluding carboxylic acids is 1. The number of nitrogens with one attached hydrogen (secondary N) is 1. The lowest BCUT2D eigenvalue weighted by Crippen LogP contribution is -2.45. The molecule has 0 spiro atoms. The van der Waals surface area contributed by atoms with Gasteiger partial charge in [-0.2, -0.15) is 0 Å². The van der Waals surface area contributed by atoms with Crippen molar-refractivity contribution in [2.45, 2.75) is 75.5 Å². The van der Waals surface area contributed by atoms with Crippen LogP contribution >= 0.6 is 11.6 Å². The van der Waals surface area contributed by atoms with E-state index in [-0.39, 0.29) is 40.4 Å². The van der Waals surface area contributed by atoms with Gasteiger partial charge in [0.1, 0.15) is 23.4 Å². The number of nitrogens with zero attached hydrogens (tertiary/aromatic N) is 1. The lowest BCUT2D eigenvalue weighted by Gasteiger charge is -2.39. The van der Waals surface area contributed by atoms with Gasteiger partial charge in [0.2, 0.25) is 10.0 Å². The third kappa shape index (κ3) is 6.96. The van der Waals surface area contributed by atoms with E-state index in [1.165, 1.54) is 24.3 Å². The van der Waals surface area contributed by atoms with Crippen molar-refractivity contribution in [1.82, 2.24) is 9.62 Å². The molecule has 1 saturated carbocycles. The number of halogens is 5. The average Bonchev–Trinajstić information content (AvgIpc) is 3.58. The van der Waals surface area contributed by atoms with E-state index in [4.69, 9.17) is 16.3 Å². The van der Waals surface area contributed by atoms with Crippen molar-refractivity contribution in [3.05, 3.63) is 57.9 Å². The number of fused-ring (bicyclic) bond motifs is 2. The van der Waals surface area contributed by atoms with Gasteiger partial charge in [0.15, 0.2) is 0 Å². The fourth-order valence-corrected chi connectivity index (χ4v) is 6.37. The fraction of sp³-hybridized carbons (Fsp3) is 0.500. The van der Waals surface area contributed by atoms with Gasteiger partial charge in [-0.15, -0.1) is 13.2 Å². The summed E-state index contributed by atoms with van der Waals surface area (Å²) in [6.07, 6.45) is 0.644. The maximum Gasteiger partial charge on any atom is 0.573 e. The van der Waals surface area contributed by atoms with Crippen molar-refractivity contribution in [1.29, 1.82) is 0 Å². The Balaban J connectivity index is 1.30. The highest BCUT2D eigenvalue weighted by Crippen LogP contribution is 2.45. The van der Waals surface area contributed by atoms with Crippen LogP contribution in [0, 0.1) is 5.82 Å². The molecule has 1 N–H and O–H groups in total. The zero-order chi connectivity index (χ0) is 28.1. The van der Waals surface area contributed by atoms with Crippen molar-refractivity contribution < 1.29 is 40.2 Å². The number of benzene rings is 2. The van der Waals surface area contributed by atoms with Gasteiger partial charge in [-0.25, -0.2) is 17.5 Å². The zero-order valence-corrected chi connectivity index (χ0v) is 22.5. The summed E-state index contributed by atoms with van der Waals surface area (Å²) in [7, 11) is -3.84. The summed E-state index contributed by atoms with van der Waals surface area (Å²) in [6, 6.07) is 6.75. The smallest absolute Gasteiger partial charge is 0.490 e. The standard InChI is InChI=1S/C26H27ClF4N2O5S/c1-39(35,36)32-25(34)23-12-22(14-2-3-14)15(6-24(23)28)13-33-17-4-5-18(33)10-20(9-17)37-19-7-16(27)8-21(11-19)38-26(29,30)31/h6-8,11-12,14,17-18,20H,2-5,9-10,13H2,1H3,(H,32,34). The molecule has 2 atom stereocenters. The van der Waals surface area contributed by atoms with E-state index < -0.39 is 33.9 Å². The van der Waals surface area contributed by atoms with Gasteiger partial charge in [-0.05, 0) is 79.8 Å². The zero-order valence-electron chi connectivity index (χ0n) is 20.9. The highest BCUT2D eigenvalue weighted by atomic mass is 35.5. The van der Waals surface area contributed by atoms with Crippen LogP contribution in [0.5, 0.6) is 11.5 Å². The Labute approximate surface area is 228 Å². The van der Waals surface area contributed by atoms with Crippen LogP contribution in [0.4, 0.5) is 17.6 Å². The monoisotopic (exact) mass is 590 g/mol. The lowest BCUT2D eigenvalue weighted by atomic mass is 9.95. The molecular formula is C26H27ClF4N2O5S. The van der Waals surface area contributed by atoms with E-state index in [0.29, 0.717) is 19.4 Å². The number of rotatable bonds is 8. The molecule has 2 saturated heterocycles. The molecule has 3 aliphatic rings. The topological polar surface area (TPSA) is 84.9 Å². The van der Waals surface area contributed by atoms with Crippen LogP contribution in [-0.4, -0.2) is 50.0 Å². The summed E-state index contributed by atoms with van der Waals surface area (Å²) in [4.78, 5) is 14.7. The summed E-state index contributed by atoms with van der Waals surface area (Å²) in [5.41, 5.74) is 1.33. The molecule has 39 heavy (non-hydrogen) atoms. The summed E-state index contributed by atoms with van der Waals surface area (Å²) in [5, 5.41) is 0.0652. The van der Waals surface area contributed by atoms with E-state index in [1.807, 2.05) is 4.72 Å². The van der Waals surface area contributed by atoms with Crippen molar-refractivity contribution >= 4 is 27.5 Å². The Morgan fingerprint density at radius 1 is 1.05 bits per heavy atom. The second-order valence-corrected chi connectivity index (χ2v) is 12.6. The van der Waals surface area contributed by atoms with Crippen LogP contribution in [0.15, 0.2) is 30.3 Å². The minimum atomic E-state index is -4.85. The third-order valence-electron chi connectivity index (χ3n) is 7.34. The first-order chi connectivity index (χ1) is 18.2. The summed E-state index contributed by atoms with van der Waals surface area (Å²) in [6.45, 7) is 0.472. The van der Waals surface area contributed by atoms with Crippen LogP contribution in [0.3, 0.4) is 0 Å². The number of amides is 1. The highest BCUT2D eigenvalue weighted by molar-refractivity contribution is 7.89. The molecule has 1 amide bonds. The van der Waals surface area contributed by atoms with Crippen LogP contribution in [0.1, 0.15) is 65.9 Å². The molecule has 7 nitrogen and oxygen atoms in total. The lowest BCUT2D eigenvalue weighted by molar-refractivity contribution is -0.274. The molecule has 3 fully saturated rings. The average molecular weight is 591 g/mol. The molecular weight excluding hydrogens is 564 g/mol. The predicted molar refractivity (Wildman–Crippen MR) is 135 cm³/mol. The minimum Gasteiger partial charge on any atom is -0.490 e. The molecule has 2 aromatic rings. The van der Waals surface area contributed by atoms with Gasteiger partial charge < -0.3 is 9.47 Å². The SMILES string of the molecule is CS(=O)(=O)NC(=O)c1cc(C2CC2)c(CN2C3CCC2CC(Oc2cc(Cl)cc(OC(F)(F)F)c2)C3)cc1F. The van der Waals surface area contributed by atoms with E-state index in [0.717, 1.165) is 49.1 Å². The first kappa shape index (κ1) is 28.0. The normalized spacial score (nSPS) is 23.5. The van der Waals surface area contributed by atoms with Crippen LogP contribution in [-0.2, 0) is 16.6 Å². The number of carbonyl (C=O) groups is 1. The molecule has 212 valence electrons. The number of hydrogen-bond donors (Lipinski definition) is 1. The van der Waals surface area contributed by atoms with Crippen LogP contribution < -0.4 is 14.2 Å². The van der Waals surface area contributed by atoms with Gasteiger partial charge in [-0.1, -0.05) is 11.6 Å². The number of sulfonamides is 1. The third-order valence-corrected chi connectivity index (χ3v) is 8.12. The molecule has 5 rings (SSSR count). The number of piperidine rings is 1. The largest absolute Gasteiger partial charge is 0.573 e. The quantitative estimate of drug-likeness (QED) is 0.408. The first-order valence-corrected chi connectivity index (χ1v) is 14.8. The minimum absolute atomic E-state index is 0.0652. The Hall–Kier alpha value is -2.57. The molecule has 2 bridgehead atoms. The van der Waals surface area contributed by atoms with Crippen LogP contribution in [0.2, 0.25) is 5.02 Å². The molecule has 13 heteroatoms. The summed E-state index contributed by atoms with van der Waals surface area (Å²) in [5.74, 6) is -1.83. The summed E-state index contributed by atoms with van der Waals surface area (Å²) >= 11 is 5.98. The predicted octanol–water partition coefficient (Wildman–Crippen LogP) is 5.52. The molecule has 0 radical (unpaired) electrons. The first-order valence-electron chi connectivity index (χ1n) is 12.6. The van der Waals surface area contributed by atoms with Crippen molar-refractivity contribution in [3.8, 4) is 11.5 Å². The number of hydrogen-bond acceptors (Lipinski definition) is 6. The second kappa shape index (κ2) is 10.4. The van der Waals surface area contributed by atoms with E-state index in [2.05, 4.69) is 9.64 Å². The Kier molecular flexibility index (Phi) is 7.49. The van der Waals surface area contributed by atoms with Gasteiger partial charge in [0, 0.05) is 29.7 Å². The van der Waals surface area contributed by atoms with Crippen molar-refractivity contribution in [2.75, 3.05) is 6.26 Å². The molecule has 2 heterocycles. The van der Waals surface area contributed by atoms with Crippen molar-refractivity contribution in [3.63, 3.8) is 0 Å². The highest BCUT2D eigenvalue weighted by Gasteiger charge is 2.42. The Morgan fingerprint density at radius 3 is 2.28 bits per heavy atom. The second-order valence-electron chi connectivity index (χ2n) is 10.4. The summed E-state index contributed by atoms with van der Waals surface area (Å²) < 4.78 is 87.7. The fourth-order valence-electron chi connectivity index (χ4n) is 5.71. The number of alkyl halides is 3. The Bertz CT molecular complexity index is 1370. The van der Waals surface area contributed by atoms with Gasteiger partial charge in [0.25, 0.3) is 5.91 Å². The molecule has 2 aromatic carbocycles. The number of ether oxygens (including phenoxy) is 2. The Morgan fingerprint density at radius 2 is 1.69 bits per heavy atom. The molecule has 1 aliphatic carbocycles. The van der Waals surface area contributed by atoms with Crippen molar-refractivity contribution in [2.24, 2.45) is 0 Å². The van der Waals surface area contributed by atoms with Gasteiger partial charge in [-0.3, -0.25) is 9.69 Å². The van der Waals surface area contributed by atoms with E-state index in [9.17, 15) is 30.8 Å². The van der Waals surface area contributed by atoms with E-state index in [1.54, 1.807) is 0 Å². The van der Waals surface area contributed by atoms with Gasteiger partial charge in [0.05, 0.1) is 11.8 Å². The molecule has 2 unspecified atom stereocenters. The van der Waals surface area contributed by atoms with Crippen LogP contribution in [0.25, 0.3) is 0 Å². The molecule has 0 aromatic heterocycles.